The topological polar surface area (TPSA) is 46.5 Å². The van der Waals surface area contributed by atoms with Crippen molar-refractivity contribution < 1.29 is 14.6 Å². The van der Waals surface area contributed by atoms with Crippen molar-refractivity contribution in [3.63, 3.8) is 0 Å². The van der Waals surface area contributed by atoms with Gasteiger partial charge >= 0.3 is 5.97 Å². The zero-order chi connectivity index (χ0) is 14.9. The third-order valence-electron chi connectivity index (χ3n) is 4.73. The fourth-order valence-electron chi connectivity index (χ4n) is 3.09. The number of thioether (sulfide) groups is 1. The van der Waals surface area contributed by atoms with Crippen LogP contribution in [-0.4, -0.2) is 35.8 Å². The minimum absolute atomic E-state index is 0.327. The van der Waals surface area contributed by atoms with Crippen molar-refractivity contribution >= 4 is 17.7 Å². The van der Waals surface area contributed by atoms with Crippen LogP contribution in [0.1, 0.15) is 57.8 Å². The number of ether oxygens (including phenoxy) is 1. The van der Waals surface area contributed by atoms with Crippen LogP contribution in [0, 0.1) is 17.8 Å². The zero-order valence-electron chi connectivity index (χ0n) is 13.1. The first-order valence-corrected chi connectivity index (χ1v) is 9.78. The monoisotopic (exact) mass is 314 g/mol. The van der Waals surface area contributed by atoms with E-state index in [2.05, 4.69) is 11.8 Å². The summed E-state index contributed by atoms with van der Waals surface area (Å²) >= 11 is 2.14. The van der Waals surface area contributed by atoms with Crippen molar-refractivity contribution in [1.82, 2.24) is 0 Å². The second-order valence-electron chi connectivity index (χ2n) is 6.71. The van der Waals surface area contributed by atoms with Crippen molar-refractivity contribution in [1.29, 1.82) is 0 Å². The average Bonchev–Trinajstić information content (AvgIpc) is 3.18. The van der Waals surface area contributed by atoms with E-state index in [1.807, 2.05) is 0 Å². The van der Waals surface area contributed by atoms with Crippen molar-refractivity contribution in [2.75, 3.05) is 24.7 Å². The Balaban J connectivity index is 1.46. The molecule has 0 spiro atoms. The van der Waals surface area contributed by atoms with Gasteiger partial charge in [0.1, 0.15) is 0 Å². The predicted molar refractivity (Wildman–Crippen MR) is 87.8 cm³/mol. The Hall–Kier alpha value is -0.220. The van der Waals surface area contributed by atoms with E-state index in [0.717, 1.165) is 43.8 Å². The van der Waals surface area contributed by atoms with Crippen LogP contribution in [0.2, 0.25) is 0 Å². The molecule has 1 heterocycles. The zero-order valence-corrected chi connectivity index (χ0v) is 13.9. The summed E-state index contributed by atoms with van der Waals surface area (Å²) in [5.41, 5.74) is 0. The quantitative estimate of drug-likeness (QED) is 0.548. The molecule has 0 bridgehead atoms. The normalized spacial score (nSPS) is 25.3. The van der Waals surface area contributed by atoms with Crippen LogP contribution >= 0.6 is 11.8 Å². The van der Waals surface area contributed by atoms with E-state index in [-0.39, 0.29) is 0 Å². The average molecular weight is 314 g/mol. The molecule has 2 unspecified atom stereocenters. The Morgan fingerprint density at radius 3 is 2.48 bits per heavy atom. The fourth-order valence-corrected chi connectivity index (χ4v) is 4.39. The molecule has 0 aromatic carbocycles. The van der Waals surface area contributed by atoms with Gasteiger partial charge in [-0.25, -0.2) is 0 Å². The van der Waals surface area contributed by atoms with E-state index in [0.29, 0.717) is 6.42 Å². The lowest BCUT2D eigenvalue weighted by atomic mass is 9.89. The fraction of sp³-hybridized carbons (Fsp3) is 0.941. The molecule has 1 saturated carbocycles. The molecule has 1 N–H and O–H groups in total. The maximum Gasteiger partial charge on any atom is 0.303 e. The number of rotatable bonds is 12. The van der Waals surface area contributed by atoms with Gasteiger partial charge < -0.3 is 9.84 Å². The third-order valence-corrected chi connectivity index (χ3v) is 5.96. The second kappa shape index (κ2) is 9.73. The highest BCUT2D eigenvalue weighted by Gasteiger charge is 2.27. The lowest BCUT2D eigenvalue weighted by molar-refractivity contribution is -0.137. The van der Waals surface area contributed by atoms with Crippen molar-refractivity contribution in [2.24, 2.45) is 17.8 Å². The van der Waals surface area contributed by atoms with E-state index in [1.165, 1.54) is 50.0 Å². The number of carbonyl (C=O) groups is 1. The maximum atomic E-state index is 10.4. The van der Waals surface area contributed by atoms with Gasteiger partial charge in [-0.3, -0.25) is 4.79 Å². The van der Waals surface area contributed by atoms with Gasteiger partial charge in [-0.15, -0.1) is 0 Å². The van der Waals surface area contributed by atoms with E-state index >= 15 is 0 Å². The lowest BCUT2D eigenvalue weighted by Crippen LogP contribution is -2.13. The Bertz CT molecular complexity index is 304. The number of hydrogen-bond acceptors (Lipinski definition) is 3. The molecule has 122 valence electrons. The first-order valence-electron chi connectivity index (χ1n) is 8.63. The Labute approximate surface area is 133 Å². The van der Waals surface area contributed by atoms with Crippen LogP contribution in [0.25, 0.3) is 0 Å². The molecule has 2 rings (SSSR count). The second-order valence-corrected chi connectivity index (χ2v) is 7.86. The highest BCUT2D eigenvalue weighted by molar-refractivity contribution is 7.99. The standard InChI is InChI=1S/C17H30O3S/c18-17(19)6-4-2-1-3-5-15-11-20-12-16(15)9-10-21-13-14-7-8-14/h14-16H,1-13H2,(H,18,19). The Kier molecular flexibility index (Phi) is 7.94. The van der Waals surface area contributed by atoms with Gasteiger partial charge in [0, 0.05) is 19.6 Å². The predicted octanol–water partition coefficient (Wildman–Crippen LogP) is 4.21. The van der Waals surface area contributed by atoms with Crippen LogP contribution in [0.15, 0.2) is 0 Å². The summed E-state index contributed by atoms with van der Waals surface area (Å²) in [4.78, 5) is 10.4. The molecular weight excluding hydrogens is 284 g/mol. The summed E-state index contributed by atoms with van der Waals surface area (Å²) in [6.07, 6.45) is 10.1. The summed E-state index contributed by atoms with van der Waals surface area (Å²) in [5, 5.41) is 8.60. The number of hydrogen-bond donors (Lipinski definition) is 1. The van der Waals surface area contributed by atoms with E-state index in [1.54, 1.807) is 0 Å². The lowest BCUT2D eigenvalue weighted by Gasteiger charge is -2.17. The molecule has 2 atom stereocenters. The largest absolute Gasteiger partial charge is 0.481 e. The maximum absolute atomic E-state index is 10.4. The van der Waals surface area contributed by atoms with E-state index in [9.17, 15) is 4.79 Å². The molecule has 3 nitrogen and oxygen atoms in total. The molecular formula is C17H30O3S. The minimum atomic E-state index is -0.664. The number of unbranched alkanes of at least 4 members (excludes halogenated alkanes) is 3. The van der Waals surface area contributed by atoms with Gasteiger partial charge in [0.15, 0.2) is 0 Å². The molecule has 2 fully saturated rings. The van der Waals surface area contributed by atoms with Crippen LogP contribution < -0.4 is 0 Å². The number of carboxylic acid groups (broad SMARTS) is 1. The minimum Gasteiger partial charge on any atom is -0.481 e. The smallest absolute Gasteiger partial charge is 0.303 e. The molecule has 2 aliphatic rings. The molecule has 1 aliphatic heterocycles. The van der Waals surface area contributed by atoms with Crippen molar-refractivity contribution in [2.45, 2.75) is 57.8 Å². The molecule has 4 heteroatoms. The summed E-state index contributed by atoms with van der Waals surface area (Å²) in [7, 11) is 0. The molecule has 0 amide bonds. The first kappa shape index (κ1) is 17.1. The molecule has 0 radical (unpaired) electrons. The Morgan fingerprint density at radius 1 is 1.05 bits per heavy atom. The summed E-state index contributed by atoms with van der Waals surface area (Å²) in [6, 6.07) is 0. The summed E-state index contributed by atoms with van der Waals surface area (Å²) < 4.78 is 5.68. The summed E-state index contributed by atoms with van der Waals surface area (Å²) in [6.45, 7) is 1.92. The van der Waals surface area contributed by atoms with Crippen LogP contribution in [0.3, 0.4) is 0 Å². The number of aliphatic carboxylic acids is 1. The third kappa shape index (κ3) is 7.55. The van der Waals surface area contributed by atoms with Gasteiger partial charge in [-0.2, -0.15) is 11.8 Å². The molecule has 1 aliphatic carbocycles. The van der Waals surface area contributed by atoms with Crippen LogP contribution in [0.4, 0.5) is 0 Å². The highest BCUT2D eigenvalue weighted by atomic mass is 32.2. The molecule has 1 saturated heterocycles. The molecule has 0 aromatic heterocycles. The van der Waals surface area contributed by atoms with E-state index in [4.69, 9.17) is 9.84 Å². The van der Waals surface area contributed by atoms with Gasteiger partial charge in [0.2, 0.25) is 0 Å². The van der Waals surface area contributed by atoms with Gasteiger partial charge in [-0.05, 0) is 61.4 Å². The van der Waals surface area contributed by atoms with Crippen LogP contribution in [0.5, 0.6) is 0 Å². The summed E-state index contributed by atoms with van der Waals surface area (Å²) in [5.74, 6) is 4.59. The number of carboxylic acids is 1. The first-order chi connectivity index (χ1) is 10.3. The van der Waals surface area contributed by atoms with E-state index < -0.39 is 5.97 Å². The molecule has 0 aromatic rings. The van der Waals surface area contributed by atoms with Gasteiger partial charge in [-0.1, -0.05) is 19.3 Å². The Morgan fingerprint density at radius 2 is 1.76 bits per heavy atom. The highest BCUT2D eigenvalue weighted by Crippen LogP contribution is 2.34. The molecule has 21 heavy (non-hydrogen) atoms. The van der Waals surface area contributed by atoms with Crippen LogP contribution in [-0.2, 0) is 9.53 Å². The SMILES string of the molecule is O=C(O)CCCCCCC1COCC1CCSCC1CC1. The van der Waals surface area contributed by atoms with Crippen molar-refractivity contribution in [3.05, 3.63) is 0 Å². The van der Waals surface area contributed by atoms with Gasteiger partial charge in [0.25, 0.3) is 0 Å². The van der Waals surface area contributed by atoms with Crippen molar-refractivity contribution in [3.8, 4) is 0 Å². The van der Waals surface area contributed by atoms with Gasteiger partial charge in [0.05, 0.1) is 0 Å².